The number of hydrogen-bond donors (Lipinski definition) is 3. The molecule has 0 bridgehead atoms. The van der Waals surface area contributed by atoms with Crippen LogP contribution >= 0.6 is 0 Å². The summed E-state index contributed by atoms with van der Waals surface area (Å²) in [7, 11) is 2.11. The van der Waals surface area contributed by atoms with Crippen molar-refractivity contribution in [2.24, 2.45) is 22.6 Å². The first kappa shape index (κ1) is 19.2. The predicted molar refractivity (Wildman–Crippen MR) is 114 cm³/mol. The Kier molecular flexibility index (Phi) is 5.37. The fourth-order valence-corrected chi connectivity index (χ4v) is 4.57. The van der Waals surface area contributed by atoms with Gasteiger partial charge in [0.15, 0.2) is 0 Å². The number of hydrogen-bond acceptors (Lipinski definition) is 6. The zero-order valence-electron chi connectivity index (χ0n) is 16.9. The Morgan fingerprint density at radius 1 is 1.41 bits per heavy atom. The highest BCUT2D eigenvalue weighted by Crippen LogP contribution is 2.41. The molecule has 9 heteroatoms. The van der Waals surface area contributed by atoms with Gasteiger partial charge in [-0.15, -0.1) is 0 Å². The summed E-state index contributed by atoms with van der Waals surface area (Å²) in [4.78, 5) is 32.8. The quantitative estimate of drug-likeness (QED) is 0.666. The van der Waals surface area contributed by atoms with E-state index in [0.717, 1.165) is 42.8 Å². The molecule has 0 radical (unpaired) electrons. The van der Waals surface area contributed by atoms with E-state index in [1.807, 2.05) is 24.1 Å². The van der Waals surface area contributed by atoms with Gasteiger partial charge in [0.2, 0.25) is 0 Å². The molecule has 2 aromatic heterocycles. The van der Waals surface area contributed by atoms with E-state index in [2.05, 4.69) is 37.2 Å². The number of likely N-dealkylation sites (tertiary alicyclic amines) is 1. The number of aromatic amines is 1. The van der Waals surface area contributed by atoms with Crippen LogP contribution in [0.4, 0.5) is 10.6 Å². The number of nitrogens with one attached hydrogen (secondary N) is 2. The lowest BCUT2D eigenvalue weighted by molar-refractivity contribution is 0.208. The summed E-state index contributed by atoms with van der Waals surface area (Å²) in [6.07, 6.45) is 8.59. The molecule has 4 N–H and O–H groups in total. The molecule has 3 heterocycles. The van der Waals surface area contributed by atoms with Crippen LogP contribution in [0, 0.1) is 11.8 Å². The largest absolute Gasteiger partial charge is 0.403 e. The fraction of sp³-hybridized carbons (Fsp3) is 0.500. The van der Waals surface area contributed by atoms with Gasteiger partial charge < -0.3 is 25.8 Å². The molecule has 0 spiro atoms. The third kappa shape index (κ3) is 3.76. The van der Waals surface area contributed by atoms with Crippen LogP contribution in [-0.4, -0.2) is 64.8 Å². The highest BCUT2D eigenvalue weighted by Gasteiger charge is 2.44. The molecule has 1 saturated carbocycles. The Morgan fingerprint density at radius 2 is 2.17 bits per heavy atom. The molecule has 4 rings (SSSR count). The zero-order valence-corrected chi connectivity index (χ0v) is 16.9. The van der Waals surface area contributed by atoms with Crippen LogP contribution in [-0.2, 0) is 0 Å². The number of urea groups is 1. The van der Waals surface area contributed by atoms with Gasteiger partial charge in [0, 0.05) is 51.3 Å². The number of carbonyl (C=O) groups is 1. The van der Waals surface area contributed by atoms with E-state index in [0.29, 0.717) is 30.1 Å². The molecular formula is C20H28N8O. The minimum atomic E-state index is -0.103. The van der Waals surface area contributed by atoms with Crippen molar-refractivity contribution in [2.75, 3.05) is 31.6 Å². The van der Waals surface area contributed by atoms with E-state index in [9.17, 15) is 4.79 Å². The molecule has 1 aliphatic carbocycles. The van der Waals surface area contributed by atoms with Crippen molar-refractivity contribution in [2.45, 2.75) is 25.8 Å². The standard InChI is InChI=1S/C20H28N8O/c1-3-22-9-15(8-21)26-20(29)28-10-13-6-16(7-14(13)11-28)27(2)19-17-4-5-23-18(17)24-12-25-19/h4-5,8-9,12-14,16H,3,6-7,10-11,21H2,1-2H3,(H,26,29)(H,23,24,25). The second-order valence-electron chi connectivity index (χ2n) is 7.78. The SMILES string of the molecule is CCN=CC(=CN)NC(=O)N1CC2CC(N(C)c3ncnc4[nH]ccc34)CC2C1. The minimum absolute atomic E-state index is 0.103. The van der Waals surface area contributed by atoms with Gasteiger partial charge in [-0.25, -0.2) is 14.8 Å². The third-order valence-corrected chi connectivity index (χ3v) is 6.07. The number of nitrogens with zero attached hydrogens (tertiary/aromatic N) is 5. The molecule has 1 saturated heterocycles. The summed E-state index contributed by atoms with van der Waals surface area (Å²) in [5.74, 6) is 1.97. The molecule has 29 heavy (non-hydrogen) atoms. The van der Waals surface area contributed by atoms with Gasteiger partial charge in [-0.3, -0.25) is 4.99 Å². The average molecular weight is 396 g/mol. The number of carbonyl (C=O) groups excluding carboxylic acids is 1. The van der Waals surface area contributed by atoms with Gasteiger partial charge in [0.25, 0.3) is 0 Å². The summed E-state index contributed by atoms with van der Waals surface area (Å²) in [5, 5.41) is 3.90. The molecule has 2 fully saturated rings. The van der Waals surface area contributed by atoms with Gasteiger partial charge in [-0.1, -0.05) is 0 Å². The first-order chi connectivity index (χ1) is 14.1. The van der Waals surface area contributed by atoms with E-state index in [-0.39, 0.29) is 6.03 Å². The van der Waals surface area contributed by atoms with Crippen molar-refractivity contribution < 1.29 is 4.79 Å². The molecule has 154 valence electrons. The maximum atomic E-state index is 12.6. The summed E-state index contributed by atoms with van der Waals surface area (Å²) < 4.78 is 0. The Labute approximate surface area is 170 Å². The maximum Gasteiger partial charge on any atom is 0.321 e. The third-order valence-electron chi connectivity index (χ3n) is 6.07. The van der Waals surface area contributed by atoms with Gasteiger partial charge >= 0.3 is 6.03 Å². The van der Waals surface area contributed by atoms with E-state index in [1.165, 1.54) is 6.20 Å². The van der Waals surface area contributed by atoms with Crippen molar-refractivity contribution >= 4 is 29.1 Å². The monoisotopic (exact) mass is 396 g/mol. The molecule has 2 aliphatic rings. The number of aliphatic imine (C=N–C) groups is 1. The van der Waals surface area contributed by atoms with Crippen molar-refractivity contribution in [3.8, 4) is 0 Å². The van der Waals surface area contributed by atoms with Crippen LogP contribution in [0.5, 0.6) is 0 Å². The zero-order chi connectivity index (χ0) is 20.4. The van der Waals surface area contributed by atoms with Crippen molar-refractivity contribution in [1.29, 1.82) is 0 Å². The van der Waals surface area contributed by atoms with Gasteiger partial charge in [0.05, 0.1) is 11.1 Å². The van der Waals surface area contributed by atoms with Crippen LogP contribution in [0.15, 0.2) is 35.5 Å². The number of aromatic nitrogens is 3. The highest BCUT2D eigenvalue weighted by molar-refractivity contribution is 5.88. The van der Waals surface area contributed by atoms with Crippen LogP contribution in [0.1, 0.15) is 19.8 Å². The van der Waals surface area contributed by atoms with Crippen LogP contribution in [0.25, 0.3) is 11.0 Å². The predicted octanol–water partition coefficient (Wildman–Crippen LogP) is 1.70. The average Bonchev–Trinajstić information content (AvgIpc) is 3.44. The summed E-state index contributed by atoms with van der Waals surface area (Å²) in [5.41, 5.74) is 6.98. The molecule has 9 nitrogen and oxygen atoms in total. The normalized spacial score (nSPS) is 24.4. The van der Waals surface area contributed by atoms with E-state index >= 15 is 0 Å². The number of nitrogens with two attached hydrogens (primary N) is 1. The number of fused-ring (bicyclic) bond motifs is 2. The molecule has 1 aliphatic heterocycles. The van der Waals surface area contributed by atoms with Crippen molar-refractivity contribution in [3.05, 3.63) is 30.5 Å². The lowest BCUT2D eigenvalue weighted by atomic mass is 10.0. The van der Waals surface area contributed by atoms with Crippen molar-refractivity contribution in [3.63, 3.8) is 0 Å². The number of allylic oxidation sites excluding steroid dienone is 1. The molecule has 0 aromatic carbocycles. The summed E-state index contributed by atoms with van der Waals surface area (Å²) in [6.45, 7) is 4.13. The van der Waals surface area contributed by atoms with Gasteiger partial charge in [0.1, 0.15) is 17.8 Å². The lowest BCUT2D eigenvalue weighted by Crippen LogP contribution is -2.40. The smallest absolute Gasteiger partial charge is 0.321 e. The van der Waals surface area contributed by atoms with Crippen LogP contribution in [0.3, 0.4) is 0 Å². The van der Waals surface area contributed by atoms with Crippen LogP contribution < -0.4 is 16.0 Å². The molecular weight excluding hydrogens is 368 g/mol. The second kappa shape index (κ2) is 8.10. The Hall–Kier alpha value is -3.10. The Morgan fingerprint density at radius 3 is 2.86 bits per heavy atom. The first-order valence-corrected chi connectivity index (χ1v) is 10.1. The number of H-pyrrole nitrogens is 1. The lowest BCUT2D eigenvalue weighted by Gasteiger charge is -2.28. The van der Waals surface area contributed by atoms with Crippen LogP contribution in [0.2, 0.25) is 0 Å². The topological polar surface area (TPSA) is 116 Å². The molecule has 2 unspecified atom stereocenters. The van der Waals surface area contributed by atoms with E-state index < -0.39 is 0 Å². The number of rotatable bonds is 5. The Balaban J connectivity index is 1.37. The van der Waals surface area contributed by atoms with E-state index in [1.54, 1.807) is 12.5 Å². The fourth-order valence-electron chi connectivity index (χ4n) is 4.57. The maximum absolute atomic E-state index is 12.6. The number of anilines is 1. The summed E-state index contributed by atoms with van der Waals surface area (Å²) in [6, 6.07) is 2.33. The molecule has 2 atom stereocenters. The van der Waals surface area contributed by atoms with Gasteiger partial charge in [-0.05, 0) is 37.7 Å². The van der Waals surface area contributed by atoms with Crippen molar-refractivity contribution in [1.82, 2.24) is 25.2 Å². The Bertz CT molecular complexity index is 921. The molecule has 2 amide bonds. The molecule has 2 aromatic rings. The van der Waals surface area contributed by atoms with E-state index in [4.69, 9.17) is 5.73 Å². The first-order valence-electron chi connectivity index (χ1n) is 10.1. The minimum Gasteiger partial charge on any atom is -0.403 e. The summed E-state index contributed by atoms with van der Waals surface area (Å²) >= 11 is 0. The number of amides is 2. The second-order valence-corrected chi connectivity index (χ2v) is 7.78. The highest BCUT2D eigenvalue weighted by atomic mass is 16.2. The van der Waals surface area contributed by atoms with Gasteiger partial charge in [-0.2, -0.15) is 0 Å².